The Kier molecular flexibility index (Phi) is 6.06. The van der Waals surface area contributed by atoms with Crippen molar-refractivity contribution in [3.05, 3.63) is 54.1 Å². The Morgan fingerprint density at radius 3 is 2.69 bits per heavy atom. The van der Waals surface area contributed by atoms with E-state index in [4.69, 9.17) is 4.42 Å². The lowest BCUT2D eigenvalue weighted by molar-refractivity contribution is -0.118. The summed E-state index contributed by atoms with van der Waals surface area (Å²) in [5.74, 6) is 0.186. The van der Waals surface area contributed by atoms with Crippen molar-refractivity contribution >= 4 is 28.8 Å². The fourth-order valence-electron chi connectivity index (χ4n) is 2.27. The topological polar surface area (TPSA) is 64.4 Å². The van der Waals surface area contributed by atoms with E-state index in [-0.39, 0.29) is 17.4 Å². The van der Waals surface area contributed by atoms with Gasteiger partial charge in [-0.05, 0) is 36.2 Å². The number of rotatable bonds is 8. The van der Waals surface area contributed by atoms with Gasteiger partial charge in [0.15, 0.2) is 5.58 Å². The molecule has 3 rings (SSSR count). The Bertz CT molecular complexity index is 835. The fourth-order valence-corrected chi connectivity index (χ4v) is 2.94. The number of thioether (sulfide) groups is 1. The van der Waals surface area contributed by atoms with Crippen LogP contribution in [-0.4, -0.2) is 29.8 Å². The summed E-state index contributed by atoms with van der Waals surface area (Å²) >= 11 is 1.23. The molecule has 3 aromatic rings. The summed E-state index contributed by atoms with van der Waals surface area (Å²) in [6.07, 6.45) is 0.592. The fraction of sp³-hybridized carbons (Fsp3) is 0.222. The highest BCUT2D eigenvalue weighted by Crippen LogP contribution is 2.22. The normalized spacial score (nSPS) is 11.0. The lowest BCUT2D eigenvalue weighted by Crippen LogP contribution is -2.27. The van der Waals surface area contributed by atoms with E-state index in [0.29, 0.717) is 23.8 Å². The van der Waals surface area contributed by atoms with Crippen LogP contribution in [0.5, 0.6) is 5.75 Å². The van der Waals surface area contributed by atoms with E-state index in [1.807, 2.05) is 24.3 Å². The average molecular weight is 378 g/mol. The van der Waals surface area contributed by atoms with Gasteiger partial charge in [-0.15, -0.1) is 0 Å². The summed E-state index contributed by atoms with van der Waals surface area (Å²) in [6, 6.07) is 13.7. The highest BCUT2D eigenvalue weighted by Gasteiger charge is 2.09. The van der Waals surface area contributed by atoms with Crippen LogP contribution in [0.3, 0.4) is 0 Å². The standard InChI is InChI=1S/C18H16F2N2O3S/c19-17(20)24-13-7-5-12(6-8-13)9-10-21-16(23)11-26-18-22-14-3-1-2-4-15(14)25-18/h1-8,17H,9-11H2,(H,21,23). The highest BCUT2D eigenvalue weighted by molar-refractivity contribution is 7.99. The number of halogens is 2. The summed E-state index contributed by atoms with van der Waals surface area (Å²) in [6.45, 7) is -2.39. The summed E-state index contributed by atoms with van der Waals surface area (Å²) in [5.41, 5.74) is 2.36. The van der Waals surface area contributed by atoms with E-state index in [1.54, 1.807) is 12.1 Å². The van der Waals surface area contributed by atoms with Gasteiger partial charge in [-0.3, -0.25) is 4.79 Å². The molecule has 136 valence electrons. The van der Waals surface area contributed by atoms with Crippen molar-refractivity contribution in [2.75, 3.05) is 12.3 Å². The van der Waals surface area contributed by atoms with E-state index in [1.165, 1.54) is 23.9 Å². The minimum absolute atomic E-state index is 0.113. The molecule has 0 aliphatic heterocycles. The van der Waals surface area contributed by atoms with Gasteiger partial charge in [-0.25, -0.2) is 4.98 Å². The summed E-state index contributed by atoms with van der Waals surface area (Å²) in [7, 11) is 0. The Morgan fingerprint density at radius 2 is 1.96 bits per heavy atom. The number of benzene rings is 2. The zero-order valence-electron chi connectivity index (χ0n) is 13.7. The molecule has 26 heavy (non-hydrogen) atoms. The predicted octanol–water partition coefficient (Wildman–Crippen LogP) is 3.88. The van der Waals surface area contributed by atoms with Crippen LogP contribution in [0.2, 0.25) is 0 Å². The molecule has 0 spiro atoms. The Hall–Kier alpha value is -2.61. The number of aromatic nitrogens is 1. The van der Waals surface area contributed by atoms with Crippen LogP contribution in [0.1, 0.15) is 5.56 Å². The number of oxazole rings is 1. The maximum Gasteiger partial charge on any atom is 0.387 e. The van der Waals surface area contributed by atoms with Crippen LogP contribution in [0, 0.1) is 0 Å². The molecule has 0 saturated heterocycles. The summed E-state index contributed by atoms with van der Waals surface area (Å²) < 4.78 is 34.0. The molecule has 0 atom stereocenters. The number of nitrogens with zero attached hydrogens (tertiary/aromatic N) is 1. The molecule has 0 radical (unpaired) electrons. The predicted molar refractivity (Wildman–Crippen MR) is 94.5 cm³/mol. The molecular formula is C18H16F2N2O3S. The lowest BCUT2D eigenvalue weighted by Gasteiger charge is -2.07. The molecule has 1 N–H and O–H groups in total. The first-order valence-corrected chi connectivity index (χ1v) is 8.87. The maximum absolute atomic E-state index is 12.1. The van der Waals surface area contributed by atoms with Gasteiger partial charge in [-0.1, -0.05) is 36.0 Å². The molecular weight excluding hydrogens is 362 g/mol. The van der Waals surface area contributed by atoms with Gasteiger partial charge in [-0.2, -0.15) is 8.78 Å². The highest BCUT2D eigenvalue weighted by atomic mass is 32.2. The number of amides is 1. The molecule has 0 fully saturated rings. The van der Waals surface area contributed by atoms with Crippen molar-refractivity contribution in [3.8, 4) is 5.75 Å². The van der Waals surface area contributed by atoms with Gasteiger partial charge in [0.2, 0.25) is 5.91 Å². The largest absolute Gasteiger partial charge is 0.435 e. The lowest BCUT2D eigenvalue weighted by atomic mass is 10.1. The van der Waals surface area contributed by atoms with Crippen LogP contribution < -0.4 is 10.1 Å². The zero-order valence-corrected chi connectivity index (χ0v) is 14.5. The third-order valence-electron chi connectivity index (χ3n) is 3.49. The number of fused-ring (bicyclic) bond motifs is 1. The molecule has 0 aliphatic rings. The monoisotopic (exact) mass is 378 g/mol. The molecule has 5 nitrogen and oxygen atoms in total. The minimum Gasteiger partial charge on any atom is -0.435 e. The molecule has 0 aliphatic carbocycles. The first-order valence-electron chi connectivity index (χ1n) is 7.89. The van der Waals surface area contributed by atoms with Crippen molar-refractivity contribution in [3.63, 3.8) is 0 Å². The Labute approximate surface area is 152 Å². The quantitative estimate of drug-likeness (QED) is 0.603. The third kappa shape index (κ3) is 5.19. The van der Waals surface area contributed by atoms with Gasteiger partial charge >= 0.3 is 6.61 Å². The van der Waals surface area contributed by atoms with Crippen LogP contribution in [-0.2, 0) is 11.2 Å². The molecule has 1 heterocycles. The number of ether oxygens (including phenoxy) is 1. The molecule has 1 aromatic heterocycles. The summed E-state index contributed by atoms with van der Waals surface area (Å²) in [4.78, 5) is 16.2. The van der Waals surface area contributed by atoms with E-state index in [0.717, 1.165) is 11.1 Å². The minimum atomic E-state index is -2.83. The van der Waals surface area contributed by atoms with Crippen molar-refractivity contribution in [1.29, 1.82) is 0 Å². The third-order valence-corrected chi connectivity index (χ3v) is 4.31. The molecule has 0 bridgehead atoms. The van der Waals surface area contributed by atoms with E-state index < -0.39 is 6.61 Å². The van der Waals surface area contributed by atoms with E-state index >= 15 is 0 Å². The SMILES string of the molecule is O=C(CSc1nc2ccccc2o1)NCCc1ccc(OC(F)F)cc1. The second-order valence-corrected chi connectivity index (χ2v) is 6.29. The number of alkyl halides is 2. The second-order valence-electron chi connectivity index (χ2n) is 5.36. The first-order chi connectivity index (χ1) is 12.6. The van der Waals surface area contributed by atoms with Crippen molar-refractivity contribution in [2.45, 2.75) is 18.3 Å². The number of hydrogen-bond donors (Lipinski definition) is 1. The van der Waals surface area contributed by atoms with Crippen LogP contribution in [0.4, 0.5) is 8.78 Å². The smallest absolute Gasteiger partial charge is 0.387 e. The number of hydrogen-bond acceptors (Lipinski definition) is 5. The van der Waals surface area contributed by atoms with Crippen molar-refractivity contribution in [1.82, 2.24) is 10.3 Å². The Balaban J connectivity index is 1.40. The molecule has 0 unspecified atom stereocenters. The van der Waals surface area contributed by atoms with E-state index in [2.05, 4.69) is 15.0 Å². The van der Waals surface area contributed by atoms with Gasteiger partial charge in [0.25, 0.3) is 5.22 Å². The maximum atomic E-state index is 12.1. The number of nitrogens with one attached hydrogen (secondary N) is 1. The molecule has 1 amide bonds. The summed E-state index contributed by atoms with van der Waals surface area (Å²) in [5, 5.41) is 3.26. The molecule has 8 heteroatoms. The van der Waals surface area contributed by atoms with Crippen molar-refractivity contribution < 1.29 is 22.7 Å². The van der Waals surface area contributed by atoms with Gasteiger partial charge in [0.05, 0.1) is 5.75 Å². The van der Waals surface area contributed by atoms with Gasteiger partial charge < -0.3 is 14.5 Å². The Morgan fingerprint density at radius 1 is 1.19 bits per heavy atom. The average Bonchev–Trinajstić information content (AvgIpc) is 3.04. The number of carbonyl (C=O) groups is 1. The van der Waals surface area contributed by atoms with Crippen molar-refractivity contribution in [2.24, 2.45) is 0 Å². The van der Waals surface area contributed by atoms with Crippen LogP contribution in [0.15, 0.2) is 58.2 Å². The van der Waals surface area contributed by atoms with Gasteiger partial charge in [0, 0.05) is 6.54 Å². The molecule has 0 saturated carbocycles. The van der Waals surface area contributed by atoms with Crippen LogP contribution in [0.25, 0.3) is 11.1 Å². The molecule has 2 aromatic carbocycles. The number of carbonyl (C=O) groups excluding carboxylic acids is 1. The van der Waals surface area contributed by atoms with Crippen LogP contribution >= 0.6 is 11.8 Å². The van der Waals surface area contributed by atoms with E-state index in [9.17, 15) is 13.6 Å². The van der Waals surface area contributed by atoms with Gasteiger partial charge in [0.1, 0.15) is 11.3 Å². The second kappa shape index (κ2) is 8.66. The first kappa shape index (κ1) is 18.2. The zero-order chi connectivity index (χ0) is 18.4. The number of para-hydroxylation sites is 2.